The van der Waals surface area contributed by atoms with Gasteiger partial charge in [-0.1, -0.05) is 60.7 Å². The number of anilines is 1. The lowest BCUT2D eigenvalue weighted by Gasteiger charge is -2.28. The lowest BCUT2D eigenvalue weighted by Crippen LogP contribution is -2.42. The maximum atomic E-state index is 15.2. The number of alkyl halides is 2. The van der Waals surface area contributed by atoms with Crippen LogP contribution in [0.3, 0.4) is 0 Å². The monoisotopic (exact) mass is 487 g/mol. The van der Waals surface area contributed by atoms with E-state index in [0.29, 0.717) is 11.2 Å². The van der Waals surface area contributed by atoms with Crippen molar-refractivity contribution in [1.29, 1.82) is 0 Å². The maximum absolute atomic E-state index is 15.2. The number of benzene rings is 2. The average Bonchev–Trinajstić information content (AvgIpc) is 2.83. The van der Waals surface area contributed by atoms with Crippen LogP contribution in [-0.4, -0.2) is 41.2 Å². The summed E-state index contributed by atoms with van der Waals surface area (Å²) in [6, 6.07) is 19.5. The second kappa shape index (κ2) is 12.8. The minimum atomic E-state index is -3.57. The third kappa shape index (κ3) is 8.36. The molecule has 0 fully saturated rings. The summed E-state index contributed by atoms with van der Waals surface area (Å²) >= 11 is 0. The summed E-state index contributed by atoms with van der Waals surface area (Å²) in [6.07, 6.45) is -0.897. The highest BCUT2D eigenvalue weighted by atomic mass is 19.3. The van der Waals surface area contributed by atoms with Gasteiger partial charge in [0.2, 0.25) is 12.1 Å². The molecule has 0 radical (unpaired) electrons. The molecule has 1 N–H and O–H groups in total. The van der Waals surface area contributed by atoms with E-state index < -0.39 is 30.4 Å². The molecule has 35 heavy (non-hydrogen) atoms. The minimum Gasteiger partial charge on any atom is -0.374 e. The summed E-state index contributed by atoms with van der Waals surface area (Å²) in [4.78, 5) is 27.4. The Hall–Kier alpha value is -3.47. The highest BCUT2D eigenvalue weighted by Crippen LogP contribution is 2.30. The van der Waals surface area contributed by atoms with Gasteiger partial charge in [0.25, 0.3) is 0 Å². The van der Waals surface area contributed by atoms with Crippen LogP contribution in [0, 0.1) is 0 Å². The van der Waals surface area contributed by atoms with E-state index in [1.807, 2.05) is 36.4 Å². The van der Waals surface area contributed by atoms with Crippen molar-refractivity contribution in [2.45, 2.75) is 32.3 Å². The number of carbonyl (C=O) groups excluding carboxylic acids is 1. The van der Waals surface area contributed by atoms with Gasteiger partial charge >= 0.3 is 11.6 Å². The molecule has 0 aliphatic carbocycles. The van der Waals surface area contributed by atoms with E-state index in [1.165, 1.54) is 13.0 Å². The van der Waals surface area contributed by atoms with Gasteiger partial charge in [0, 0.05) is 13.1 Å². The summed E-state index contributed by atoms with van der Waals surface area (Å²) in [7, 11) is 0. The number of nitrogens with one attached hydrogen (secondary N) is 1. The van der Waals surface area contributed by atoms with Crippen molar-refractivity contribution in [2.75, 3.05) is 25.1 Å². The first-order chi connectivity index (χ1) is 16.8. The molecule has 2 aromatic carbocycles. The van der Waals surface area contributed by atoms with Crippen LogP contribution in [0.1, 0.15) is 24.3 Å². The summed E-state index contributed by atoms with van der Waals surface area (Å²) in [5.41, 5.74) is 0.653. The van der Waals surface area contributed by atoms with Gasteiger partial charge in [0.1, 0.15) is 12.4 Å². The van der Waals surface area contributed by atoms with Gasteiger partial charge in [0.05, 0.1) is 26.4 Å². The highest BCUT2D eigenvalue weighted by Gasteiger charge is 2.43. The average molecular weight is 488 g/mol. The summed E-state index contributed by atoms with van der Waals surface area (Å²) in [5, 5.41) is 2.34. The molecule has 3 rings (SSSR count). The predicted molar refractivity (Wildman–Crippen MR) is 125 cm³/mol. The van der Waals surface area contributed by atoms with E-state index >= 15 is 8.78 Å². The van der Waals surface area contributed by atoms with Crippen LogP contribution in [0.25, 0.3) is 0 Å². The summed E-state index contributed by atoms with van der Waals surface area (Å²) in [5.74, 6) is -4.07. The Morgan fingerprint density at radius 3 is 2.14 bits per heavy atom. The Morgan fingerprint density at radius 2 is 1.57 bits per heavy atom. The highest BCUT2D eigenvalue weighted by molar-refractivity contribution is 5.87. The molecular formula is C25H27F2N3O5. The molecule has 1 unspecified atom stereocenters. The number of nitrogens with zero attached hydrogens (tertiary/aromatic N) is 2. The van der Waals surface area contributed by atoms with Crippen LogP contribution in [0.2, 0.25) is 0 Å². The molecule has 0 bridgehead atoms. The molecule has 0 spiro atoms. The fourth-order valence-corrected chi connectivity index (χ4v) is 3.18. The molecule has 1 aromatic heterocycles. The van der Waals surface area contributed by atoms with Crippen molar-refractivity contribution in [1.82, 2.24) is 9.55 Å². The first kappa shape index (κ1) is 26.1. The molecule has 0 aliphatic rings. The van der Waals surface area contributed by atoms with Crippen LogP contribution in [0.5, 0.6) is 0 Å². The SMILES string of the molecule is CC(=O)Nc1ccn(C(OCCOCc2ccccc2)C(F)(F)COCc2ccccc2)c(=O)n1. The normalized spacial score (nSPS) is 12.3. The van der Waals surface area contributed by atoms with E-state index in [0.717, 1.165) is 17.3 Å². The van der Waals surface area contributed by atoms with Gasteiger partial charge in [-0.05, 0) is 17.2 Å². The molecule has 1 heterocycles. The predicted octanol–water partition coefficient (Wildman–Crippen LogP) is 3.79. The van der Waals surface area contributed by atoms with Gasteiger partial charge in [-0.15, -0.1) is 0 Å². The Balaban J connectivity index is 1.67. The fourth-order valence-electron chi connectivity index (χ4n) is 3.18. The Labute approximate surface area is 201 Å². The minimum absolute atomic E-state index is 0.0263. The van der Waals surface area contributed by atoms with Gasteiger partial charge in [-0.3, -0.25) is 9.36 Å². The van der Waals surface area contributed by atoms with Gasteiger partial charge in [0.15, 0.2) is 0 Å². The third-order valence-electron chi connectivity index (χ3n) is 4.77. The van der Waals surface area contributed by atoms with E-state index in [2.05, 4.69) is 10.3 Å². The molecule has 0 aliphatic heterocycles. The Kier molecular flexibility index (Phi) is 9.59. The number of rotatable bonds is 13. The lowest BCUT2D eigenvalue weighted by molar-refractivity contribution is -0.207. The van der Waals surface area contributed by atoms with Gasteiger partial charge in [-0.2, -0.15) is 13.8 Å². The van der Waals surface area contributed by atoms with E-state index in [-0.39, 0.29) is 25.6 Å². The second-order valence-electron chi connectivity index (χ2n) is 7.68. The number of ether oxygens (including phenoxy) is 3. The zero-order valence-corrected chi connectivity index (χ0v) is 19.2. The largest absolute Gasteiger partial charge is 0.374 e. The molecule has 1 amide bonds. The number of amides is 1. The molecule has 3 aromatic rings. The lowest BCUT2D eigenvalue weighted by atomic mass is 10.2. The fraction of sp³-hybridized carbons (Fsp3) is 0.320. The molecule has 0 saturated heterocycles. The van der Waals surface area contributed by atoms with Gasteiger partial charge in [-0.25, -0.2) is 4.79 Å². The third-order valence-corrected chi connectivity index (χ3v) is 4.77. The molecule has 186 valence electrons. The first-order valence-corrected chi connectivity index (χ1v) is 10.9. The Morgan fingerprint density at radius 1 is 0.971 bits per heavy atom. The zero-order chi connectivity index (χ0) is 25.1. The van der Waals surface area contributed by atoms with Crippen LogP contribution < -0.4 is 11.0 Å². The maximum Gasteiger partial charge on any atom is 0.351 e. The topological polar surface area (TPSA) is 91.7 Å². The zero-order valence-electron chi connectivity index (χ0n) is 19.2. The van der Waals surface area contributed by atoms with Crippen LogP contribution in [0.15, 0.2) is 77.7 Å². The quantitative estimate of drug-likeness (QED) is 0.369. The Bertz CT molecular complexity index is 1130. The summed E-state index contributed by atoms with van der Waals surface area (Å²) < 4.78 is 47.2. The molecule has 1 atom stereocenters. The van der Waals surface area contributed by atoms with Crippen molar-refractivity contribution in [3.05, 3.63) is 94.5 Å². The van der Waals surface area contributed by atoms with Crippen LogP contribution in [-0.2, 0) is 32.2 Å². The van der Waals surface area contributed by atoms with Crippen LogP contribution >= 0.6 is 0 Å². The number of carbonyl (C=O) groups is 1. The first-order valence-electron chi connectivity index (χ1n) is 10.9. The molecule has 10 heteroatoms. The smallest absolute Gasteiger partial charge is 0.351 e. The van der Waals surface area contributed by atoms with E-state index in [9.17, 15) is 9.59 Å². The standard InChI is InChI=1S/C25H27F2N3O5/c1-19(31)28-22-12-13-30(24(32)29-22)23(35-15-14-33-16-20-8-4-2-5-9-20)25(26,27)18-34-17-21-10-6-3-7-11-21/h2-13,23H,14-18H2,1H3,(H,28,29,31,32). The van der Waals surface area contributed by atoms with Crippen molar-refractivity contribution in [2.24, 2.45) is 0 Å². The second-order valence-corrected chi connectivity index (χ2v) is 7.68. The van der Waals surface area contributed by atoms with E-state index in [1.54, 1.807) is 24.3 Å². The number of aromatic nitrogens is 2. The number of halogens is 2. The molecule has 8 nitrogen and oxygen atoms in total. The molecular weight excluding hydrogens is 460 g/mol. The summed E-state index contributed by atoms with van der Waals surface area (Å²) in [6.45, 7) is 0.338. The van der Waals surface area contributed by atoms with E-state index in [4.69, 9.17) is 14.2 Å². The van der Waals surface area contributed by atoms with Crippen molar-refractivity contribution < 1.29 is 27.8 Å². The van der Waals surface area contributed by atoms with Crippen molar-refractivity contribution >= 4 is 11.7 Å². The number of hydrogen-bond donors (Lipinski definition) is 1. The van der Waals surface area contributed by atoms with Crippen LogP contribution in [0.4, 0.5) is 14.6 Å². The van der Waals surface area contributed by atoms with Crippen molar-refractivity contribution in [3.63, 3.8) is 0 Å². The van der Waals surface area contributed by atoms with Gasteiger partial charge < -0.3 is 19.5 Å². The van der Waals surface area contributed by atoms with Crippen molar-refractivity contribution in [3.8, 4) is 0 Å². The number of hydrogen-bond acceptors (Lipinski definition) is 6. The molecule has 0 saturated carbocycles.